The van der Waals surface area contributed by atoms with Gasteiger partial charge in [0.25, 0.3) is 0 Å². The van der Waals surface area contributed by atoms with Gasteiger partial charge in [0.15, 0.2) is 0 Å². The van der Waals surface area contributed by atoms with Crippen molar-refractivity contribution < 1.29 is 0 Å². The zero-order valence-electron chi connectivity index (χ0n) is 5.39. The second-order valence-electron chi connectivity index (χ2n) is 1.80. The molecule has 1 aromatic carbocycles. The zero-order valence-corrected chi connectivity index (χ0v) is 9.55. The van der Waals surface area contributed by atoms with Gasteiger partial charge in [-0.1, -0.05) is 12.1 Å². The summed E-state index contributed by atoms with van der Waals surface area (Å²) in [7, 11) is 7.76. The summed E-state index contributed by atoms with van der Waals surface area (Å²) >= 11 is 0. The summed E-state index contributed by atoms with van der Waals surface area (Å²) < 4.78 is 0. The maximum Gasteiger partial charge on any atom is 0.00689 e. The lowest BCUT2D eigenvalue weighted by atomic mass is 10.4. The van der Waals surface area contributed by atoms with Crippen LogP contribution in [0.3, 0.4) is 0 Å². The summed E-state index contributed by atoms with van der Waals surface area (Å²) in [5.74, 6) is 0. The summed E-state index contributed by atoms with van der Waals surface area (Å²) in [4.78, 5) is 1.46. The van der Waals surface area contributed by atoms with E-state index in [4.69, 9.17) is 0 Å². The maximum absolute atomic E-state index is 3.03. The molecule has 1 aliphatic heterocycles. The van der Waals surface area contributed by atoms with Crippen LogP contribution in [0.1, 0.15) is 0 Å². The number of hydrogen-bond acceptors (Lipinski definition) is 4. The van der Waals surface area contributed by atoms with Crippen LogP contribution in [0.15, 0.2) is 29.2 Å². The highest BCUT2D eigenvalue weighted by Gasteiger charge is 2.15. The molecule has 1 fully saturated rings. The van der Waals surface area contributed by atoms with Gasteiger partial charge >= 0.3 is 0 Å². The van der Waals surface area contributed by atoms with Crippen molar-refractivity contribution in [2.24, 2.45) is 0 Å². The standard InChI is InChI=1S/C6H5S5/c1-2-4-6(5-3-1)11-9-7-8-10-11/h2-5,11H. The SMILES string of the molecule is [c]1ccc([SH]2SSSS2)cc1. The van der Waals surface area contributed by atoms with Gasteiger partial charge in [-0.15, -0.1) is 8.96 Å². The molecular weight excluding hydrogens is 232 g/mol. The van der Waals surface area contributed by atoms with Crippen LogP contribution in [0.4, 0.5) is 0 Å². The molecule has 0 bridgehead atoms. The van der Waals surface area contributed by atoms with Crippen LogP contribution in [0, 0.1) is 6.07 Å². The van der Waals surface area contributed by atoms with Crippen LogP contribution in [-0.4, -0.2) is 0 Å². The summed E-state index contributed by atoms with van der Waals surface area (Å²) in [5.41, 5.74) is 0. The van der Waals surface area contributed by atoms with Gasteiger partial charge in [0.05, 0.1) is 0 Å². The van der Waals surface area contributed by atoms with Crippen molar-refractivity contribution in [3.05, 3.63) is 30.3 Å². The topological polar surface area (TPSA) is 0 Å². The fourth-order valence-electron chi connectivity index (χ4n) is 0.678. The normalized spacial score (nSPS) is 20.5. The average Bonchev–Trinajstić information content (AvgIpc) is 2.58. The quantitative estimate of drug-likeness (QED) is 0.568. The number of hydrogen-bond donors (Lipinski definition) is 1. The van der Waals surface area contributed by atoms with Gasteiger partial charge in [0.1, 0.15) is 0 Å². The van der Waals surface area contributed by atoms with Crippen molar-refractivity contribution in [3.8, 4) is 0 Å². The monoisotopic (exact) mass is 237 g/mol. The van der Waals surface area contributed by atoms with E-state index in [-0.39, 0.29) is 8.96 Å². The van der Waals surface area contributed by atoms with Crippen molar-refractivity contribution in [2.75, 3.05) is 0 Å². The third-order valence-electron chi connectivity index (χ3n) is 1.14. The highest BCUT2D eigenvalue weighted by Crippen LogP contribution is 2.77. The minimum absolute atomic E-state index is 0.000967. The van der Waals surface area contributed by atoms with E-state index in [2.05, 4.69) is 18.2 Å². The fraction of sp³-hybridized carbons (Fsp3) is 0. The van der Waals surface area contributed by atoms with Crippen LogP contribution in [0.5, 0.6) is 0 Å². The van der Waals surface area contributed by atoms with E-state index in [1.807, 2.05) is 51.4 Å². The predicted octanol–water partition coefficient (Wildman–Crippen LogP) is 4.37. The second-order valence-corrected chi connectivity index (χ2v) is 13.1. The first-order chi connectivity index (χ1) is 5.47. The van der Waals surface area contributed by atoms with Gasteiger partial charge in [0, 0.05) is 4.90 Å². The summed E-state index contributed by atoms with van der Waals surface area (Å²) in [6.07, 6.45) is 0. The zero-order chi connectivity index (χ0) is 7.52. The summed E-state index contributed by atoms with van der Waals surface area (Å²) in [5, 5.41) is 0. The molecule has 1 heterocycles. The molecule has 0 aliphatic carbocycles. The van der Waals surface area contributed by atoms with Gasteiger partial charge in [-0.3, -0.25) is 0 Å². The Labute approximate surface area is 83.0 Å². The second kappa shape index (κ2) is 4.28. The molecule has 5 heteroatoms. The molecule has 0 saturated carbocycles. The number of benzene rings is 1. The highest BCUT2D eigenvalue weighted by molar-refractivity contribution is 9.62. The lowest BCUT2D eigenvalue weighted by molar-refractivity contribution is 1.47. The summed E-state index contributed by atoms with van der Waals surface area (Å²) in [6.45, 7) is 0. The van der Waals surface area contributed by atoms with Crippen LogP contribution in [-0.2, 0) is 0 Å². The first-order valence-corrected chi connectivity index (χ1v) is 10.3. The Kier molecular flexibility index (Phi) is 3.33. The molecule has 59 valence electrons. The van der Waals surface area contributed by atoms with E-state index in [0.29, 0.717) is 0 Å². The van der Waals surface area contributed by atoms with Crippen LogP contribution in [0.25, 0.3) is 0 Å². The Hall–Kier alpha value is 0.970. The van der Waals surface area contributed by atoms with Crippen LogP contribution >= 0.6 is 48.3 Å². The predicted molar refractivity (Wildman–Crippen MR) is 62.9 cm³/mol. The molecule has 0 nitrogen and oxygen atoms in total. The van der Waals surface area contributed by atoms with Crippen LogP contribution in [0.2, 0.25) is 0 Å². The van der Waals surface area contributed by atoms with E-state index in [0.717, 1.165) is 0 Å². The Morgan fingerprint density at radius 2 is 1.73 bits per heavy atom. The van der Waals surface area contributed by atoms with Crippen molar-refractivity contribution in [2.45, 2.75) is 4.90 Å². The first kappa shape index (κ1) is 8.56. The lowest BCUT2D eigenvalue weighted by Gasteiger charge is -2.08. The molecule has 0 amide bonds. The Morgan fingerprint density at radius 3 is 2.36 bits per heavy atom. The molecule has 0 N–H and O–H groups in total. The fourth-order valence-corrected chi connectivity index (χ4v) is 21.5. The number of rotatable bonds is 1. The van der Waals surface area contributed by atoms with E-state index in [1.54, 1.807) is 0 Å². The van der Waals surface area contributed by atoms with Gasteiger partial charge in [-0.25, -0.2) is 0 Å². The van der Waals surface area contributed by atoms with E-state index in [9.17, 15) is 0 Å². The molecule has 1 radical (unpaired) electrons. The van der Waals surface area contributed by atoms with E-state index in [1.165, 1.54) is 4.90 Å². The molecule has 0 unspecified atom stereocenters. The Balaban J connectivity index is 2.16. The van der Waals surface area contributed by atoms with E-state index < -0.39 is 0 Å². The molecule has 1 saturated heterocycles. The molecule has 1 aromatic rings. The lowest BCUT2D eigenvalue weighted by Crippen LogP contribution is -1.67. The summed E-state index contributed by atoms with van der Waals surface area (Å²) in [6, 6.07) is 11.3. The van der Waals surface area contributed by atoms with Crippen molar-refractivity contribution in [3.63, 3.8) is 0 Å². The van der Waals surface area contributed by atoms with E-state index >= 15 is 0 Å². The van der Waals surface area contributed by atoms with Gasteiger partial charge in [-0.05, 0) is 57.5 Å². The third kappa shape index (κ3) is 2.21. The molecule has 11 heavy (non-hydrogen) atoms. The van der Waals surface area contributed by atoms with Crippen molar-refractivity contribution >= 4 is 48.3 Å². The largest absolute Gasteiger partial charge is 0.106 e. The third-order valence-corrected chi connectivity index (χ3v) is 17.0. The minimum Gasteiger partial charge on any atom is -0.106 e. The van der Waals surface area contributed by atoms with Crippen molar-refractivity contribution in [1.82, 2.24) is 0 Å². The van der Waals surface area contributed by atoms with Gasteiger partial charge < -0.3 is 0 Å². The molecule has 0 aromatic heterocycles. The van der Waals surface area contributed by atoms with Crippen LogP contribution < -0.4 is 0 Å². The first-order valence-electron chi connectivity index (χ1n) is 2.91. The molecule has 0 atom stereocenters. The Morgan fingerprint density at radius 1 is 1.09 bits per heavy atom. The van der Waals surface area contributed by atoms with Gasteiger partial charge in [0.2, 0.25) is 0 Å². The molecule has 1 aliphatic rings. The molecule has 0 spiro atoms. The average molecular weight is 237 g/mol. The smallest absolute Gasteiger partial charge is 0.00689 e. The van der Waals surface area contributed by atoms with Gasteiger partial charge in [-0.2, -0.15) is 0 Å². The highest BCUT2D eigenvalue weighted by atomic mass is 34.1. The molecule has 2 rings (SSSR count). The minimum atomic E-state index is -0.000967. The maximum atomic E-state index is 3.03. The molecular formula is C6H5S5. The Bertz CT molecular complexity index is 218. The van der Waals surface area contributed by atoms with Crippen molar-refractivity contribution in [1.29, 1.82) is 0 Å². The number of thiol groups is 1.